The van der Waals surface area contributed by atoms with Crippen LogP contribution in [0.4, 0.5) is 11.6 Å². The van der Waals surface area contributed by atoms with Crippen molar-refractivity contribution in [3.05, 3.63) is 36.7 Å². The van der Waals surface area contributed by atoms with Crippen LogP contribution < -0.4 is 9.80 Å². The van der Waals surface area contributed by atoms with Crippen LogP contribution in [0, 0.1) is 5.92 Å². The molecule has 0 N–H and O–H groups in total. The van der Waals surface area contributed by atoms with E-state index in [9.17, 15) is 0 Å². The zero-order valence-electron chi connectivity index (χ0n) is 13.9. The number of rotatable bonds is 4. The molecular weight excluding hydrogens is 288 g/mol. The number of hydrogen-bond donors (Lipinski definition) is 0. The van der Waals surface area contributed by atoms with Gasteiger partial charge in [0.05, 0.1) is 24.3 Å². The van der Waals surface area contributed by atoms with Gasteiger partial charge in [0.15, 0.2) is 0 Å². The topological polar surface area (TPSA) is 58.0 Å². The highest BCUT2D eigenvalue weighted by molar-refractivity contribution is 5.35. The minimum atomic E-state index is 0.663. The van der Waals surface area contributed by atoms with Gasteiger partial charge in [-0.2, -0.15) is 0 Å². The summed E-state index contributed by atoms with van der Waals surface area (Å²) in [5.41, 5.74) is 1.09. The van der Waals surface area contributed by atoms with Crippen LogP contribution in [0.3, 0.4) is 0 Å². The van der Waals surface area contributed by atoms with Crippen LogP contribution in [0.5, 0.6) is 0 Å². The summed E-state index contributed by atoms with van der Waals surface area (Å²) < 4.78 is 0. The van der Waals surface area contributed by atoms with Crippen molar-refractivity contribution < 1.29 is 0 Å². The van der Waals surface area contributed by atoms with Gasteiger partial charge in [-0.1, -0.05) is 0 Å². The van der Waals surface area contributed by atoms with E-state index in [0.717, 1.165) is 43.3 Å². The molecule has 122 valence electrons. The molecule has 0 spiro atoms. The minimum Gasteiger partial charge on any atom is -0.361 e. The maximum absolute atomic E-state index is 4.56. The standard InChI is InChI=1S/C17H24N6/c1-22(2)16-13-20-15(11-21-16)10-14-4-3-8-23(9-5-14)17-12-18-6-7-19-17/h6-7,11-14H,3-5,8-10H2,1-2H3. The SMILES string of the molecule is CN(C)c1cnc(CC2CCCN(c3cnccn3)CC2)cn1. The molecule has 3 heterocycles. The normalized spacial score (nSPS) is 18.5. The zero-order valence-corrected chi connectivity index (χ0v) is 13.9. The molecule has 0 saturated carbocycles. The molecule has 23 heavy (non-hydrogen) atoms. The highest BCUT2D eigenvalue weighted by atomic mass is 15.2. The summed E-state index contributed by atoms with van der Waals surface area (Å²) in [6.45, 7) is 2.09. The van der Waals surface area contributed by atoms with Gasteiger partial charge in [0.25, 0.3) is 0 Å². The smallest absolute Gasteiger partial charge is 0.147 e. The van der Waals surface area contributed by atoms with E-state index in [4.69, 9.17) is 0 Å². The molecule has 1 aliphatic heterocycles. The van der Waals surface area contributed by atoms with Crippen LogP contribution in [0.1, 0.15) is 25.0 Å². The quantitative estimate of drug-likeness (QED) is 0.862. The number of hydrogen-bond acceptors (Lipinski definition) is 6. The monoisotopic (exact) mass is 312 g/mol. The van der Waals surface area contributed by atoms with Gasteiger partial charge in [-0.3, -0.25) is 9.97 Å². The molecule has 1 aliphatic rings. The average molecular weight is 312 g/mol. The second kappa shape index (κ2) is 7.35. The lowest BCUT2D eigenvalue weighted by Gasteiger charge is -2.21. The van der Waals surface area contributed by atoms with Gasteiger partial charge in [-0.15, -0.1) is 0 Å². The van der Waals surface area contributed by atoms with E-state index in [1.54, 1.807) is 12.4 Å². The number of anilines is 2. The summed E-state index contributed by atoms with van der Waals surface area (Å²) >= 11 is 0. The van der Waals surface area contributed by atoms with Gasteiger partial charge in [0, 0.05) is 39.6 Å². The number of nitrogens with zero attached hydrogens (tertiary/aromatic N) is 6. The Labute approximate surface area is 137 Å². The van der Waals surface area contributed by atoms with Gasteiger partial charge >= 0.3 is 0 Å². The van der Waals surface area contributed by atoms with E-state index >= 15 is 0 Å². The van der Waals surface area contributed by atoms with Crippen molar-refractivity contribution >= 4 is 11.6 Å². The molecule has 1 atom stereocenters. The fraction of sp³-hybridized carbons (Fsp3) is 0.529. The fourth-order valence-corrected chi connectivity index (χ4v) is 3.03. The van der Waals surface area contributed by atoms with Gasteiger partial charge in [-0.05, 0) is 31.6 Å². The predicted octanol–water partition coefficient (Wildman–Crippen LogP) is 2.18. The lowest BCUT2D eigenvalue weighted by atomic mass is 9.95. The Hall–Kier alpha value is -2.24. The van der Waals surface area contributed by atoms with Crippen LogP contribution in [-0.2, 0) is 6.42 Å². The summed E-state index contributed by atoms with van der Waals surface area (Å²) in [7, 11) is 3.96. The van der Waals surface area contributed by atoms with Gasteiger partial charge < -0.3 is 9.80 Å². The van der Waals surface area contributed by atoms with Gasteiger partial charge in [-0.25, -0.2) is 9.97 Å². The lowest BCUT2D eigenvalue weighted by Crippen LogP contribution is -2.25. The molecule has 0 aromatic carbocycles. The maximum Gasteiger partial charge on any atom is 0.147 e. The van der Waals surface area contributed by atoms with Crippen LogP contribution >= 0.6 is 0 Å². The summed E-state index contributed by atoms with van der Waals surface area (Å²) in [6, 6.07) is 0. The van der Waals surface area contributed by atoms with Crippen LogP contribution in [0.25, 0.3) is 0 Å². The molecule has 0 aliphatic carbocycles. The molecule has 1 fully saturated rings. The molecular formula is C17H24N6. The lowest BCUT2D eigenvalue weighted by molar-refractivity contribution is 0.466. The third-order valence-corrected chi connectivity index (χ3v) is 4.37. The Morgan fingerprint density at radius 3 is 2.65 bits per heavy atom. The fourth-order valence-electron chi connectivity index (χ4n) is 3.03. The molecule has 2 aromatic rings. The van der Waals surface area contributed by atoms with Crippen LogP contribution in [-0.4, -0.2) is 47.1 Å². The highest BCUT2D eigenvalue weighted by Gasteiger charge is 2.19. The minimum absolute atomic E-state index is 0.663. The van der Waals surface area contributed by atoms with Crippen LogP contribution in [0.2, 0.25) is 0 Å². The Morgan fingerprint density at radius 2 is 1.96 bits per heavy atom. The molecule has 0 amide bonds. The van der Waals surface area contributed by atoms with Gasteiger partial charge in [0.1, 0.15) is 11.6 Å². The van der Waals surface area contributed by atoms with E-state index in [1.807, 2.05) is 37.6 Å². The molecule has 0 radical (unpaired) electrons. The van der Waals surface area contributed by atoms with Gasteiger partial charge in [0.2, 0.25) is 0 Å². The number of aromatic nitrogens is 4. The highest BCUT2D eigenvalue weighted by Crippen LogP contribution is 2.23. The van der Waals surface area contributed by atoms with E-state index in [2.05, 4.69) is 24.8 Å². The molecule has 3 rings (SSSR count). The van der Waals surface area contributed by atoms with Crippen LogP contribution in [0.15, 0.2) is 31.0 Å². The van der Waals surface area contributed by atoms with Crippen molar-refractivity contribution in [3.63, 3.8) is 0 Å². The first-order chi connectivity index (χ1) is 11.2. The van der Waals surface area contributed by atoms with E-state index in [0.29, 0.717) is 5.92 Å². The Balaban J connectivity index is 1.58. The predicted molar refractivity (Wildman–Crippen MR) is 91.6 cm³/mol. The average Bonchev–Trinajstić information content (AvgIpc) is 2.82. The Bertz CT molecular complexity index is 598. The van der Waals surface area contributed by atoms with Crippen molar-refractivity contribution in [1.82, 2.24) is 19.9 Å². The second-order valence-corrected chi connectivity index (χ2v) is 6.31. The second-order valence-electron chi connectivity index (χ2n) is 6.31. The summed E-state index contributed by atoms with van der Waals surface area (Å²) in [6.07, 6.45) is 13.7. The summed E-state index contributed by atoms with van der Waals surface area (Å²) in [4.78, 5) is 21.9. The van der Waals surface area contributed by atoms with Crippen molar-refractivity contribution in [2.45, 2.75) is 25.7 Å². The molecule has 2 aromatic heterocycles. The molecule has 1 saturated heterocycles. The molecule has 6 heteroatoms. The Morgan fingerprint density at radius 1 is 1.04 bits per heavy atom. The zero-order chi connectivity index (χ0) is 16.1. The van der Waals surface area contributed by atoms with Crippen molar-refractivity contribution in [3.8, 4) is 0 Å². The first kappa shape index (κ1) is 15.6. The molecule has 0 bridgehead atoms. The maximum atomic E-state index is 4.56. The third kappa shape index (κ3) is 4.15. The third-order valence-electron chi connectivity index (χ3n) is 4.37. The Kier molecular flexibility index (Phi) is 5.00. The van der Waals surface area contributed by atoms with E-state index in [1.165, 1.54) is 12.8 Å². The van der Waals surface area contributed by atoms with Crippen molar-refractivity contribution in [2.24, 2.45) is 5.92 Å². The molecule has 6 nitrogen and oxygen atoms in total. The first-order valence-corrected chi connectivity index (χ1v) is 8.21. The van der Waals surface area contributed by atoms with Crippen molar-refractivity contribution in [1.29, 1.82) is 0 Å². The summed E-state index contributed by atoms with van der Waals surface area (Å²) in [5.74, 6) is 2.56. The largest absolute Gasteiger partial charge is 0.361 e. The van der Waals surface area contributed by atoms with E-state index in [-0.39, 0.29) is 0 Å². The first-order valence-electron chi connectivity index (χ1n) is 8.21. The van der Waals surface area contributed by atoms with Crippen molar-refractivity contribution in [2.75, 3.05) is 37.0 Å². The summed E-state index contributed by atoms with van der Waals surface area (Å²) in [5, 5.41) is 0. The molecule has 1 unspecified atom stereocenters. The van der Waals surface area contributed by atoms with E-state index < -0.39 is 0 Å².